The Kier molecular flexibility index (Phi) is 2.88. The van der Waals surface area contributed by atoms with Crippen molar-refractivity contribution in [3.63, 3.8) is 0 Å². The van der Waals surface area contributed by atoms with Crippen LogP contribution in [0.25, 0.3) is 16.7 Å². The standard InChI is InChI=1S/C12H11Cl2N5/c1-2-9-10-11(15)16-17-12(10)19(18-9)6-3-4-7(13)8(14)5-6/h3-5H,2H2,1H3,(H3,15,16,17). The SMILES string of the molecule is CCc1nn(-c2ccc(Cl)c(Cl)c2)c2n[nH]c(N)c12. The number of nitrogen functional groups attached to an aromatic ring is 1. The Hall–Kier alpha value is -1.72. The van der Waals surface area contributed by atoms with Crippen LogP contribution in [0.5, 0.6) is 0 Å². The molecule has 0 spiro atoms. The Morgan fingerprint density at radius 1 is 1.32 bits per heavy atom. The van der Waals surface area contributed by atoms with Crippen molar-refractivity contribution >= 4 is 40.1 Å². The van der Waals surface area contributed by atoms with Gasteiger partial charge >= 0.3 is 0 Å². The fourth-order valence-electron chi connectivity index (χ4n) is 2.05. The molecule has 0 aliphatic rings. The average molecular weight is 296 g/mol. The van der Waals surface area contributed by atoms with Gasteiger partial charge in [-0.2, -0.15) is 10.2 Å². The molecule has 0 unspecified atom stereocenters. The molecule has 0 bridgehead atoms. The summed E-state index contributed by atoms with van der Waals surface area (Å²) >= 11 is 12.0. The quantitative estimate of drug-likeness (QED) is 0.762. The molecule has 3 rings (SSSR count). The Balaban J connectivity index is 2.27. The zero-order chi connectivity index (χ0) is 13.6. The van der Waals surface area contributed by atoms with E-state index in [2.05, 4.69) is 15.3 Å². The van der Waals surface area contributed by atoms with Crippen LogP contribution in [0.4, 0.5) is 5.82 Å². The van der Waals surface area contributed by atoms with Crippen molar-refractivity contribution in [1.29, 1.82) is 0 Å². The molecule has 1 aromatic carbocycles. The molecule has 98 valence electrons. The maximum Gasteiger partial charge on any atom is 0.186 e. The van der Waals surface area contributed by atoms with Crippen LogP contribution in [0.15, 0.2) is 18.2 Å². The highest BCUT2D eigenvalue weighted by Crippen LogP contribution is 2.28. The summed E-state index contributed by atoms with van der Waals surface area (Å²) in [6, 6.07) is 5.32. The first-order valence-electron chi connectivity index (χ1n) is 5.78. The van der Waals surface area contributed by atoms with E-state index < -0.39 is 0 Å². The van der Waals surface area contributed by atoms with Gasteiger partial charge in [0.1, 0.15) is 5.82 Å². The summed E-state index contributed by atoms with van der Waals surface area (Å²) in [5, 5.41) is 13.3. The minimum absolute atomic E-state index is 0.476. The van der Waals surface area contributed by atoms with Crippen molar-refractivity contribution < 1.29 is 0 Å². The highest BCUT2D eigenvalue weighted by atomic mass is 35.5. The molecule has 0 atom stereocenters. The maximum absolute atomic E-state index is 6.03. The number of aromatic amines is 1. The van der Waals surface area contributed by atoms with Crippen LogP contribution in [-0.2, 0) is 6.42 Å². The third-order valence-corrected chi connectivity index (χ3v) is 3.71. The number of rotatable bonds is 2. The molecule has 0 aliphatic carbocycles. The largest absolute Gasteiger partial charge is 0.383 e. The number of nitrogens with zero attached hydrogens (tertiary/aromatic N) is 3. The van der Waals surface area contributed by atoms with Crippen molar-refractivity contribution in [3.05, 3.63) is 33.9 Å². The highest BCUT2D eigenvalue weighted by molar-refractivity contribution is 6.42. The van der Waals surface area contributed by atoms with E-state index in [1.54, 1.807) is 16.8 Å². The van der Waals surface area contributed by atoms with Crippen LogP contribution in [0.2, 0.25) is 10.0 Å². The Morgan fingerprint density at radius 3 is 2.79 bits per heavy atom. The predicted octanol–water partition coefficient (Wildman–Crippen LogP) is 3.20. The van der Waals surface area contributed by atoms with Gasteiger partial charge in [0.25, 0.3) is 0 Å². The summed E-state index contributed by atoms with van der Waals surface area (Å²) in [6.07, 6.45) is 0.772. The van der Waals surface area contributed by atoms with Crippen LogP contribution in [0, 0.1) is 0 Å². The molecule has 2 heterocycles. The first-order valence-corrected chi connectivity index (χ1v) is 6.54. The number of fused-ring (bicyclic) bond motifs is 1. The lowest BCUT2D eigenvalue weighted by Gasteiger charge is -2.03. The second-order valence-electron chi connectivity index (χ2n) is 4.15. The summed E-state index contributed by atoms with van der Waals surface area (Å²) < 4.78 is 1.71. The summed E-state index contributed by atoms with van der Waals surface area (Å²) in [7, 11) is 0. The monoisotopic (exact) mass is 295 g/mol. The smallest absolute Gasteiger partial charge is 0.186 e. The van der Waals surface area contributed by atoms with Crippen LogP contribution >= 0.6 is 23.2 Å². The molecule has 0 aliphatic heterocycles. The van der Waals surface area contributed by atoms with Gasteiger partial charge in [-0.3, -0.25) is 5.10 Å². The molecule has 3 N–H and O–H groups in total. The summed E-state index contributed by atoms with van der Waals surface area (Å²) in [5.41, 5.74) is 8.26. The maximum atomic E-state index is 6.03. The van der Waals surface area contributed by atoms with Gasteiger partial charge in [-0.1, -0.05) is 30.1 Å². The van der Waals surface area contributed by atoms with Crippen molar-refractivity contribution in [2.45, 2.75) is 13.3 Å². The van der Waals surface area contributed by atoms with Gasteiger partial charge < -0.3 is 5.73 Å². The average Bonchev–Trinajstić information content (AvgIpc) is 2.94. The zero-order valence-electron chi connectivity index (χ0n) is 10.1. The van der Waals surface area contributed by atoms with Gasteiger partial charge in [-0.05, 0) is 24.6 Å². The van der Waals surface area contributed by atoms with E-state index in [1.807, 2.05) is 13.0 Å². The molecule has 0 saturated heterocycles. The van der Waals surface area contributed by atoms with Crippen molar-refractivity contribution in [2.24, 2.45) is 0 Å². The fraction of sp³-hybridized carbons (Fsp3) is 0.167. The first kappa shape index (κ1) is 12.3. The lowest BCUT2D eigenvalue weighted by Crippen LogP contribution is -1.98. The van der Waals surface area contributed by atoms with Crippen molar-refractivity contribution in [3.8, 4) is 5.69 Å². The number of nitrogens with two attached hydrogens (primary N) is 1. The summed E-state index contributed by atoms with van der Waals surface area (Å²) in [5.74, 6) is 0.526. The third kappa shape index (κ3) is 1.86. The molecular weight excluding hydrogens is 285 g/mol. The van der Waals surface area contributed by atoms with Gasteiger partial charge in [0.05, 0.1) is 26.8 Å². The second-order valence-corrected chi connectivity index (χ2v) is 4.96. The number of hydrogen-bond acceptors (Lipinski definition) is 3. The molecule has 0 radical (unpaired) electrons. The lowest BCUT2D eigenvalue weighted by molar-refractivity contribution is 0.844. The van der Waals surface area contributed by atoms with Crippen LogP contribution < -0.4 is 5.73 Å². The molecule has 19 heavy (non-hydrogen) atoms. The van der Waals surface area contributed by atoms with Gasteiger partial charge in [-0.15, -0.1) is 0 Å². The number of aromatic nitrogens is 4. The highest BCUT2D eigenvalue weighted by Gasteiger charge is 2.16. The Bertz CT molecular complexity index is 759. The Labute approximate surface area is 119 Å². The van der Waals surface area contributed by atoms with Gasteiger partial charge in [-0.25, -0.2) is 4.68 Å². The Morgan fingerprint density at radius 2 is 2.11 bits per heavy atom. The predicted molar refractivity (Wildman–Crippen MR) is 77.0 cm³/mol. The number of benzene rings is 1. The van der Waals surface area contributed by atoms with E-state index in [9.17, 15) is 0 Å². The second kappa shape index (κ2) is 4.43. The number of H-pyrrole nitrogens is 1. The summed E-state index contributed by atoms with van der Waals surface area (Å²) in [6.45, 7) is 2.02. The number of aryl methyl sites for hydroxylation is 1. The van der Waals surface area contributed by atoms with Gasteiger partial charge in [0.15, 0.2) is 5.65 Å². The van der Waals surface area contributed by atoms with Crippen LogP contribution in [-0.4, -0.2) is 20.0 Å². The normalized spacial score (nSPS) is 11.3. The molecule has 0 fully saturated rings. The summed E-state index contributed by atoms with van der Waals surface area (Å²) in [4.78, 5) is 0. The molecule has 2 aromatic heterocycles. The van der Waals surface area contributed by atoms with E-state index in [4.69, 9.17) is 28.9 Å². The lowest BCUT2D eigenvalue weighted by atomic mass is 10.2. The number of anilines is 1. The van der Waals surface area contributed by atoms with E-state index in [0.29, 0.717) is 21.5 Å². The van der Waals surface area contributed by atoms with Crippen LogP contribution in [0.1, 0.15) is 12.6 Å². The topological polar surface area (TPSA) is 72.5 Å². The molecular formula is C12H11Cl2N5. The molecule has 3 aromatic rings. The number of nitrogens with one attached hydrogen (secondary N) is 1. The third-order valence-electron chi connectivity index (χ3n) is 2.97. The number of halogens is 2. The van der Waals surface area contributed by atoms with E-state index >= 15 is 0 Å². The van der Waals surface area contributed by atoms with Crippen molar-refractivity contribution in [2.75, 3.05) is 5.73 Å². The molecule has 5 nitrogen and oxygen atoms in total. The van der Waals surface area contributed by atoms with E-state index in [0.717, 1.165) is 23.2 Å². The molecule has 7 heteroatoms. The minimum atomic E-state index is 0.476. The van der Waals surface area contributed by atoms with Crippen molar-refractivity contribution in [1.82, 2.24) is 20.0 Å². The fourth-order valence-corrected chi connectivity index (χ4v) is 2.34. The number of hydrogen-bond donors (Lipinski definition) is 2. The first-order chi connectivity index (χ1) is 9.11. The van der Waals surface area contributed by atoms with E-state index in [1.165, 1.54) is 0 Å². The molecule has 0 saturated carbocycles. The minimum Gasteiger partial charge on any atom is -0.383 e. The molecule has 0 amide bonds. The van der Waals surface area contributed by atoms with Gasteiger partial charge in [0, 0.05) is 0 Å². The van der Waals surface area contributed by atoms with Crippen LogP contribution in [0.3, 0.4) is 0 Å². The van der Waals surface area contributed by atoms with Gasteiger partial charge in [0.2, 0.25) is 0 Å². The zero-order valence-corrected chi connectivity index (χ0v) is 11.6. The van der Waals surface area contributed by atoms with E-state index in [-0.39, 0.29) is 0 Å².